The highest BCUT2D eigenvalue weighted by Gasteiger charge is 2.42. The van der Waals surface area contributed by atoms with Gasteiger partial charge in [-0.2, -0.15) is 0 Å². The number of halogens is 1. The fourth-order valence-corrected chi connectivity index (χ4v) is 3.84. The molecule has 0 fully saturated rings. The van der Waals surface area contributed by atoms with Gasteiger partial charge in [0.2, 0.25) is 0 Å². The average molecular weight is 361 g/mol. The largest absolute Gasteiger partial charge is 0.338 e. The van der Waals surface area contributed by atoms with Crippen molar-refractivity contribution in [1.29, 1.82) is 0 Å². The van der Waals surface area contributed by atoms with Crippen LogP contribution in [-0.2, 0) is 5.54 Å². The van der Waals surface area contributed by atoms with E-state index in [4.69, 9.17) is 12.2 Å². The summed E-state index contributed by atoms with van der Waals surface area (Å²) in [7, 11) is 2.07. The molecule has 1 N–H and O–H groups in total. The lowest BCUT2D eigenvalue weighted by Gasteiger charge is -2.48. The second-order valence-electron chi connectivity index (χ2n) is 5.26. The fraction of sp³-hybridized carbons (Fsp3) is 0.235. The molecule has 0 saturated carbocycles. The average Bonchev–Trinajstić information content (AvgIpc) is 2.51. The number of thiocarbonyl (C=S) groups is 1. The molecular formula is C17H17BrN2S. The van der Waals surface area contributed by atoms with Crippen LogP contribution in [0.4, 0.5) is 5.69 Å². The van der Waals surface area contributed by atoms with E-state index in [0.29, 0.717) is 0 Å². The van der Waals surface area contributed by atoms with Gasteiger partial charge in [-0.05, 0) is 42.4 Å². The zero-order chi connectivity index (χ0) is 15.0. The van der Waals surface area contributed by atoms with E-state index in [1.54, 1.807) is 0 Å². The molecule has 1 unspecified atom stereocenters. The van der Waals surface area contributed by atoms with Crippen molar-refractivity contribution >= 4 is 38.9 Å². The maximum atomic E-state index is 5.56. The second kappa shape index (κ2) is 5.43. The van der Waals surface area contributed by atoms with Gasteiger partial charge in [-0.25, -0.2) is 0 Å². The van der Waals surface area contributed by atoms with Crippen molar-refractivity contribution in [2.24, 2.45) is 0 Å². The van der Waals surface area contributed by atoms with Crippen LogP contribution >= 0.6 is 28.1 Å². The maximum absolute atomic E-state index is 5.56. The third-order valence-electron chi connectivity index (χ3n) is 4.31. The molecule has 2 nitrogen and oxygen atoms in total. The summed E-state index contributed by atoms with van der Waals surface area (Å²) in [6.07, 6.45) is 0.943. The number of fused-ring (bicyclic) bond motifs is 1. The summed E-state index contributed by atoms with van der Waals surface area (Å²) in [5, 5.41) is 4.09. The van der Waals surface area contributed by atoms with E-state index in [1.807, 2.05) is 12.1 Å². The van der Waals surface area contributed by atoms with Gasteiger partial charge in [0.1, 0.15) is 0 Å². The highest BCUT2D eigenvalue weighted by atomic mass is 79.9. The topological polar surface area (TPSA) is 15.3 Å². The van der Waals surface area contributed by atoms with E-state index in [1.165, 1.54) is 11.1 Å². The van der Waals surface area contributed by atoms with Crippen LogP contribution in [0, 0.1) is 0 Å². The van der Waals surface area contributed by atoms with Crippen LogP contribution < -0.4 is 5.32 Å². The third kappa shape index (κ3) is 2.17. The maximum Gasteiger partial charge on any atom is 0.174 e. The van der Waals surface area contributed by atoms with Crippen LogP contribution in [0.3, 0.4) is 0 Å². The quantitative estimate of drug-likeness (QED) is 0.778. The van der Waals surface area contributed by atoms with Gasteiger partial charge in [-0.15, -0.1) is 0 Å². The van der Waals surface area contributed by atoms with Crippen molar-refractivity contribution in [2.75, 3.05) is 12.4 Å². The molecule has 0 aliphatic carbocycles. The molecule has 108 valence electrons. The van der Waals surface area contributed by atoms with Crippen LogP contribution in [0.15, 0.2) is 53.0 Å². The predicted octanol–water partition coefficient (Wildman–Crippen LogP) is 4.74. The van der Waals surface area contributed by atoms with Crippen LogP contribution in [0.2, 0.25) is 0 Å². The Morgan fingerprint density at radius 3 is 2.57 bits per heavy atom. The van der Waals surface area contributed by atoms with Gasteiger partial charge >= 0.3 is 0 Å². The first kappa shape index (κ1) is 14.5. The van der Waals surface area contributed by atoms with E-state index in [2.05, 4.69) is 76.5 Å². The monoisotopic (exact) mass is 360 g/mol. The molecular weight excluding hydrogens is 344 g/mol. The second-order valence-corrected chi connectivity index (χ2v) is 6.56. The van der Waals surface area contributed by atoms with Crippen molar-refractivity contribution in [2.45, 2.75) is 18.9 Å². The van der Waals surface area contributed by atoms with E-state index < -0.39 is 0 Å². The molecule has 0 aromatic heterocycles. The van der Waals surface area contributed by atoms with Crippen molar-refractivity contribution < 1.29 is 0 Å². The lowest BCUT2D eigenvalue weighted by atomic mass is 9.77. The first-order valence-corrected chi connectivity index (χ1v) is 8.20. The summed E-state index contributed by atoms with van der Waals surface area (Å²) in [5.74, 6) is 0. The van der Waals surface area contributed by atoms with Crippen LogP contribution in [0.1, 0.15) is 24.5 Å². The lowest BCUT2D eigenvalue weighted by Crippen LogP contribution is -2.52. The molecule has 2 aromatic rings. The fourth-order valence-electron chi connectivity index (χ4n) is 3.22. The number of rotatable bonds is 2. The molecule has 4 heteroatoms. The Morgan fingerprint density at radius 1 is 1.19 bits per heavy atom. The molecule has 3 rings (SSSR count). The van der Waals surface area contributed by atoms with E-state index >= 15 is 0 Å². The number of nitrogens with zero attached hydrogens (tertiary/aromatic N) is 1. The Labute approximate surface area is 139 Å². The van der Waals surface area contributed by atoms with Gasteiger partial charge in [-0.1, -0.05) is 53.2 Å². The van der Waals surface area contributed by atoms with Gasteiger partial charge in [0.25, 0.3) is 0 Å². The minimum Gasteiger partial charge on any atom is -0.338 e. The Hall–Kier alpha value is -1.39. The molecule has 0 radical (unpaired) electrons. The first-order chi connectivity index (χ1) is 10.1. The van der Waals surface area contributed by atoms with Gasteiger partial charge in [0.05, 0.1) is 5.54 Å². The molecule has 0 bridgehead atoms. The standard InChI is InChI=1S/C17H17BrN2S/c1-3-17(12-7-5-4-6-8-12)14-11-13(18)9-10-15(14)19-16(21)20(17)2/h4-11H,3H2,1-2H3,(H,19,21). The molecule has 2 aromatic carbocycles. The van der Waals surface area contributed by atoms with Gasteiger partial charge < -0.3 is 10.2 Å². The Kier molecular flexibility index (Phi) is 3.76. The zero-order valence-electron chi connectivity index (χ0n) is 12.1. The molecule has 1 heterocycles. The van der Waals surface area contributed by atoms with Crippen LogP contribution in [-0.4, -0.2) is 17.1 Å². The summed E-state index contributed by atoms with van der Waals surface area (Å²) < 4.78 is 1.08. The van der Waals surface area contributed by atoms with Crippen molar-refractivity contribution in [1.82, 2.24) is 4.90 Å². The van der Waals surface area contributed by atoms with E-state index in [-0.39, 0.29) is 5.54 Å². The number of benzene rings is 2. The Bertz CT molecular complexity index is 686. The molecule has 0 spiro atoms. The summed E-state index contributed by atoms with van der Waals surface area (Å²) >= 11 is 9.16. The smallest absolute Gasteiger partial charge is 0.174 e. The van der Waals surface area contributed by atoms with Crippen molar-refractivity contribution in [3.8, 4) is 0 Å². The minimum atomic E-state index is -0.233. The predicted molar refractivity (Wildman–Crippen MR) is 95.6 cm³/mol. The molecule has 1 aliphatic heterocycles. The normalized spacial score (nSPS) is 20.9. The number of nitrogens with one attached hydrogen (secondary N) is 1. The first-order valence-electron chi connectivity index (χ1n) is 7.00. The Balaban J connectivity index is 2.32. The molecule has 1 aliphatic rings. The summed E-state index contributed by atoms with van der Waals surface area (Å²) in [6.45, 7) is 2.21. The van der Waals surface area contributed by atoms with E-state index in [0.717, 1.165) is 21.7 Å². The number of anilines is 1. The SMILES string of the molecule is CCC1(c2ccccc2)c2cc(Br)ccc2NC(=S)N1C. The van der Waals surface area contributed by atoms with Crippen molar-refractivity contribution in [3.63, 3.8) is 0 Å². The number of hydrogen-bond donors (Lipinski definition) is 1. The molecule has 0 saturated heterocycles. The van der Waals surface area contributed by atoms with Gasteiger partial charge in [0, 0.05) is 22.8 Å². The van der Waals surface area contributed by atoms with Crippen molar-refractivity contribution in [3.05, 3.63) is 64.1 Å². The third-order valence-corrected chi connectivity index (χ3v) is 5.18. The Morgan fingerprint density at radius 2 is 1.90 bits per heavy atom. The summed E-state index contributed by atoms with van der Waals surface area (Å²) in [4.78, 5) is 2.17. The molecule has 0 amide bonds. The summed E-state index contributed by atoms with van der Waals surface area (Å²) in [5.41, 5.74) is 3.37. The highest BCUT2D eigenvalue weighted by molar-refractivity contribution is 9.10. The van der Waals surface area contributed by atoms with Gasteiger partial charge in [0.15, 0.2) is 5.11 Å². The van der Waals surface area contributed by atoms with Crippen LogP contribution in [0.5, 0.6) is 0 Å². The van der Waals surface area contributed by atoms with Gasteiger partial charge in [-0.3, -0.25) is 0 Å². The molecule has 21 heavy (non-hydrogen) atoms. The highest BCUT2D eigenvalue weighted by Crippen LogP contribution is 2.45. The molecule has 1 atom stereocenters. The minimum absolute atomic E-state index is 0.233. The lowest BCUT2D eigenvalue weighted by molar-refractivity contribution is 0.250. The van der Waals surface area contributed by atoms with E-state index in [9.17, 15) is 0 Å². The van der Waals surface area contributed by atoms with Crippen LogP contribution in [0.25, 0.3) is 0 Å². The summed E-state index contributed by atoms with van der Waals surface area (Å²) in [6, 6.07) is 16.9. The zero-order valence-corrected chi connectivity index (χ0v) is 14.5. The number of hydrogen-bond acceptors (Lipinski definition) is 1.